The van der Waals surface area contributed by atoms with Crippen LogP contribution in [0.15, 0.2) is 72.9 Å². The Hall–Kier alpha value is -3.71. The smallest absolute Gasteiger partial charge is 0.261 e. The summed E-state index contributed by atoms with van der Waals surface area (Å²) in [7, 11) is 1.67. The largest absolute Gasteiger partial charge is 0.497 e. The van der Waals surface area contributed by atoms with Gasteiger partial charge in [-0.15, -0.1) is 0 Å². The maximum Gasteiger partial charge on any atom is 0.261 e. The molecule has 0 spiro atoms. The van der Waals surface area contributed by atoms with Crippen LogP contribution in [0, 0.1) is 0 Å². The quantitative estimate of drug-likeness (QED) is 0.558. The molecular formula is C27H30N4O3. The van der Waals surface area contributed by atoms with E-state index in [1.54, 1.807) is 25.4 Å². The van der Waals surface area contributed by atoms with Crippen molar-refractivity contribution in [2.75, 3.05) is 38.2 Å². The van der Waals surface area contributed by atoms with Gasteiger partial charge in [0.15, 0.2) is 0 Å². The first kappa shape index (κ1) is 23.4. The molecule has 0 bridgehead atoms. The van der Waals surface area contributed by atoms with Gasteiger partial charge in [-0.25, -0.2) is 4.98 Å². The Morgan fingerprint density at radius 2 is 1.65 bits per heavy atom. The van der Waals surface area contributed by atoms with Crippen LogP contribution in [0.3, 0.4) is 0 Å². The van der Waals surface area contributed by atoms with Gasteiger partial charge in [-0.2, -0.15) is 0 Å². The summed E-state index contributed by atoms with van der Waals surface area (Å²) in [5, 5.41) is 2.53. The standard InChI is InChI=1S/C27H30N4O3/c1-34-23-12-9-22(10-13-23)20-30-16-18-31(19-17-30)26-24(8-5-15-28-26)27(33)29-25(32)14-11-21-6-3-2-4-7-21/h2-10,12-13,15H,11,14,16-20H2,1H3,(H,29,32,33). The number of methoxy groups -OCH3 is 1. The number of imide groups is 1. The number of benzene rings is 2. The number of hydrogen-bond donors (Lipinski definition) is 1. The monoisotopic (exact) mass is 458 g/mol. The first-order chi connectivity index (χ1) is 16.6. The number of aromatic nitrogens is 1. The third kappa shape index (κ3) is 6.20. The molecule has 1 aliphatic heterocycles. The van der Waals surface area contributed by atoms with Gasteiger partial charge >= 0.3 is 0 Å². The molecule has 2 heterocycles. The van der Waals surface area contributed by atoms with Crippen molar-refractivity contribution in [1.29, 1.82) is 0 Å². The van der Waals surface area contributed by atoms with Crippen LogP contribution in [0.5, 0.6) is 5.75 Å². The van der Waals surface area contributed by atoms with Crippen molar-refractivity contribution in [1.82, 2.24) is 15.2 Å². The van der Waals surface area contributed by atoms with E-state index in [9.17, 15) is 9.59 Å². The summed E-state index contributed by atoms with van der Waals surface area (Å²) < 4.78 is 5.23. The number of aryl methyl sites for hydroxylation is 1. The Balaban J connectivity index is 1.32. The number of ether oxygens (including phenoxy) is 1. The van der Waals surface area contributed by atoms with Crippen LogP contribution in [-0.2, 0) is 17.8 Å². The predicted molar refractivity (Wildman–Crippen MR) is 132 cm³/mol. The minimum atomic E-state index is -0.401. The normalized spacial score (nSPS) is 14.0. The van der Waals surface area contributed by atoms with E-state index in [1.165, 1.54) is 5.56 Å². The number of rotatable bonds is 8. The van der Waals surface area contributed by atoms with Crippen molar-refractivity contribution >= 4 is 17.6 Å². The van der Waals surface area contributed by atoms with Crippen LogP contribution in [0.2, 0.25) is 0 Å². The zero-order chi connectivity index (χ0) is 23.8. The number of anilines is 1. The van der Waals surface area contributed by atoms with E-state index >= 15 is 0 Å². The molecule has 1 saturated heterocycles. The zero-order valence-corrected chi connectivity index (χ0v) is 19.4. The lowest BCUT2D eigenvalue weighted by Crippen LogP contribution is -2.47. The summed E-state index contributed by atoms with van der Waals surface area (Å²) in [5.74, 6) is 0.794. The lowest BCUT2D eigenvalue weighted by atomic mass is 10.1. The first-order valence-electron chi connectivity index (χ1n) is 11.6. The van der Waals surface area contributed by atoms with E-state index in [2.05, 4.69) is 32.2 Å². The Morgan fingerprint density at radius 3 is 2.35 bits per heavy atom. The van der Waals surface area contributed by atoms with Gasteiger partial charge in [0, 0.05) is 45.3 Å². The molecule has 1 aliphatic rings. The lowest BCUT2D eigenvalue weighted by Gasteiger charge is -2.36. The molecule has 1 aromatic heterocycles. The third-order valence-electron chi connectivity index (χ3n) is 6.00. The second kappa shape index (κ2) is 11.4. The molecule has 2 aromatic carbocycles. The minimum absolute atomic E-state index is 0.259. The van der Waals surface area contributed by atoms with E-state index in [0.29, 0.717) is 17.8 Å². The van der Waals surface area contributed by atoms with Crippen molar-refractivity contribution in [2.24, 2.45) is 0 Å². The number of carbonyl (C=O) groups is 2. The SMILES string of the molecule is COc1ccc(CN2CCN(c3ncccc3C(=O)NC(=O)CCc3ccccc3)CC2)cc1. The average molecular weight is 459 g/mol. The van der Waals surface area contributed by atoms with Gasteiger partial charge in [0.05, 0.1) is 12.7 Å². The van der Waals surface area contributed by atoms with Crippen LogP contribution in [0.4, 0.5) is 5.82 Å². The van der Waals surface area contributed by atoms with Crippen LogP contribution in [-0.4, -0.2) is 55.0 Å². The fourth-order valence-electron chi connectivity index (χ4n) is 4.09. The molecule has 7 nitrogen and oxygen atoms in total. The molecule has 0 saturated carbocycles. The minimum Gasteiger partial charge on any atom is -0.497 e. The fourth-order valence-corrected chi connectivity index (χ4v) is 4.09. The Labute approximate surface area is 200 Å². The summed E-state index contributed by atoms with van der Waals surface area (Å²) in [5.41, 5.74) is 2.74. The summed E-state index contributed by atoms with van der Waals surface area (Å²) in [4.78, 5) is 34.2. The van der Waals surface area contributed by atoms with Crippen LogP contribution in [0.1, 0.15) is 27.9 Å². The molecule has 7 heteroatoms. The van der Waals surface area contributed by atoms with Crippen LogP contribution < -0.4 is 15.0 Å². The van der Waals surface area contributed by atoms with Crippen molar-refractivity contribution in [3.63, 3.8) is 0 Å². The molecule has 176 valence electrons. The summed E-state index contributed by atoms with van der Waals surface area (Å²) in [6.45, 7) is 4.10. The van der Waals surface area contributed by atoms with E-state index < -0.39 is 5.91 Å². The Kier molecular flexibility index (Phi) is 7.88. The molecule has 0 radical (unpaired) electrons. The number of nitrogens with one attached hydrogen (secondary N) is 1. The molecule has 0 atom stereocenters. The maximum absolute atomic E-state index is 12.9. The molecule has 0 unspecified atom stereocenters. The van der Waals surface area contributed by atoms with Crippen molar-refractivity contribution < 1.29 is 14.3 Å². The number of amides is 2. The van der Waals surface area contributed by atoms with Gasteiger partial charge in [-0.3, -0.25) is 19.8 Å². The highest BCUT2D eigenvalue weighted by atomic mass is 16.5. The zero-order valence-electron chi connectivity index (χ0n) is 19.4. The molecule has 4 rings (SSSR count). The highest BCUT2D eigenvalue weighted by Crippen LogP contribution is 2.20. The maximum atomic E-state index is 12.9. The molecule has 3 aromatic rings. The van der Waals surface area contributed by atoms with Gasteiger partial charge in [-0.05, 0) is 41.8 Å². The number of nitrogens with zero attached hydrogens (tertiary/aromatic N) is 3. The van der Waals surface area contributed by atoms with Gasteiger partial charge in [-0.1, -0.05) is 42.5 Å². The molecule has 2 amide bonds. The Morgan fingerprint density at radius 1 is 0.912 bits per heavy atom. The van der Waals surface area contributed by atoms with E-state index in [-0.39, 0.29) is 12.3 Å². The predicted octanol–water partition coefficient (Wildman–Crippen LogP) is 3.30. The van der Waals surface area contributed by atoms with Crippen LogP contribution >= 0.6 is 0 Å². The molecule has 34 heavy (non-hydrogen) atoms. The van der Waals surface area contributed by atoms with E-state index in [1.807, 2.05) is 42.5 Å². The van der Waals surface area contributed by atoms with E-state index in [4.69, 9.17) is 4.74 Å². The summed E-state index contributed by atoms with van der Waals surface area (Å²) >= 11 is 0. The first-order valence-corrected chi connectivity index (χ1v) is 11.6. The molecule has 0 aliphatic carbocycles. The van der Waals surface area contributed by atoms with Gasteiger partial charge in [0.1, 0.15) is 11.6 Å². The molecular weight excluding hydrogens is 428 g/mol. The fraction of sp³-hybridized carbons (Fsp3) is 0.296. The van der Waals surface area contributed by atoms with E-state index in [0.717, 1.165) is 44.0 Å². The summed E-state index contributed by atoms with van der Waals surface area (Å²) in [6, 6.07) is 21.4. The van der Waals surface area contributed by atoms with Crippen molar-refractivity contribution in [2.45, 2.75) is 19.4 Å². The number of piperazine rings is 1. The van der Waals surface area contributed by atoms with Gasteiger partial charge in [0.25, 0.3) is 5.91 Å². The molecule has 1 fully saturated rings. The second-order valence-electron chi connectivity index (χ2n) is 8.35. The van der Waals surface area contributed by atoms with Crippen LogP contribution in [0.25, 0.3) is 0 Å². The highest BCUT2D eigenvalue weighted by Gasteiger charge is 2.23. The van der Waals surface area contributed by atoms with Crippen molar-refractivity contribution in [3.05, 3.63) is 89.6 Å². The second-order valence-corrected chi connectivity index (χ2v) is 8.35. The topological polar surface area (TPSA) is 74.8 Å². The molecule has 1 N–H and O–H groups in total. The van der Waals surface area contributed by atoms with Gasteiger partial charge in [0.2, 0.25) is 5.91 Å². The number of pyridine rings is 1. The Bertz CT molecular complexity index is 1090. The van der Waals surface area contributed by atoms with Crippen molar-refractivity contribution in [3.8, 4) is 5.75 Å². The average Bonchev–Trinajstić information content (AvgIpc) is 2.89. The highest BCUT2D eigenvalue weighted by molar-refractivity contribution is 6.07. The third-order valence-corrected chi connectivity index (χ3v) is 6.00. The summed E-state index contributed by atoms with van der Waals surface area (Å²) in [6.07, 6.45) is 2.54. The lowest BCUT2D eigenvalue weighted by molar-refractivity contribution is -0.120. The number of carbonyl (C=O) groups excluding carboxylic acids is 2. The van der Waals surface area contributed by atoms with Gasteiger partial charge < -0.3 is 9.64 Å². The number of hydrogen-bond acceptors (Lipinski definition) is 6.